The number of halogens is 1. The summed E-state index contributed by atoms with van der Waals surface area (Å²) in [7, 11) is 0. The Labute approximate surface area is 121 Å². The van der Waals surface area contributed by atoms with E-state index in [4.69, 9.17) is 22.2 Å². The average molecular weight is 295 g/mol. The molecule has 0 spiro atoms. The van der Waals surface area contributed by atoms with Gasteiger partial charge >= 0.3 is 0 Å². The maximum Gasteiger partial charge on any atom is 0.122 e. The standard InChI is InChI=1S/C14H15ClN2OS/c15-13-6-5-12(19-13)14(17-16)10-7-9-3-1-2-4-11(9)18-8-10/h1-6,10,14,17H,7-8,16H2. The number of para-hydroxylation sites is 1. The van der Waals surface area contributed by atoms with Crippen LogP contribution in [0.5, 0.6) is 5.75 Å². The second-order valence-corrected chi connectivity index (χ2v) is 6.42. The van der Waals surface area contributed by atoms with Gasteiger partial charge in [0.15, 0.2) is 0 Å². The van der Waals surface area contributed by atoms with Gasteiger partial charge in [-0.15, -0.1) is 11.3 Å². The van der Waals surface area contributed by atoms with Crippen LogP contribution < -0.4 is 16.0 Å². The summed E-state index contributed by atoms with van der Waals surface area (Å²) >= 11 is 7.56. The smallest absolute Gasteiger partial charge is 0.122 e. The molecular formula is C14H15ClN2OS. The van der Waals surface area contributed by atoms with Gasteiger partial charge in [0, 0.05) is 10.8 Å². The molecule has 1 aliphatic rings. The van der Waals surface area contributed by atoms with E-state index in [-0.39, 0.29) is 6.04 Å². The van der Waals surface area contributed by atoms with E-state index in [2.05, 4.69) is 11.5 Å². The zero-order valence-corrected chi connectivity index (χ0v) is 11.9. The molecule has 19 heavy (non-hydrogen) atoms. The van der Waals surface area contributed by atoms with E-state index < -0.39 is 0 Å². The van der Waals surface area contributed by atoms with Gasteiger partial charge in [0.05, 0.1) is 17.0 Å². The number of nitrogens with two attached hydrogens (primary N) is 1. The fourth-order valence-electron chi connectivity index (χ4n) is 2.51. The van der Waals surface area contributed by atoms with Crippen LogP contribution in [-0.2, 0) is 6.42 Å². The lowest BCUT2D eigenvalue weighted by atomic mass is 9.90. The van der Waals surface area contributed by atoms with Crippen LogP contribution in [0.3, 0.4) is 0 Å². The molecular weight excluding hydrogens is 280 g/mol. The Balaban J connectivity index is 1.83. The predicted octanol–water partition coefficient (Wildman–Crippen LogP) is 3.16. The molecule has 0 amide bonds. The minimum Gasteiger partial charge on any atom is -0.493 e. The summed E-state index contributed by atoms with van der Waals surface area (Å²) in [5, 5.41) is 0. The minimum atomic E-state index is 0.0749. The Hall–Kier alpha value is -1.07. The molecule has 1 aromatic carbocycles. The summed E-state index contributed by atoms with van der Waals surface area (Å²) in [4.78, 5) is 1.15. The lowest BCUT2D eigenvalue weighted by molar-refractivity contribution is 0.186. The molecule has 1 aliphatic heterocycles. The molecule has 2 unspecified atom stereocenters. The van der Waals surface area contributed by atoms with Gasteiger partial charge < -0.3 is 4.74 Å². The first-order valence-corrected chi connectivity index (χ1v) is 7.39. The Morgan fingerprint density at radius 3 is 2.89 bits per heavy atom. The molecule has 100 valence electrons. The molecule has 0 fully saturated rings. The number of hydrazine groups is 1. The average Bonchev–Trinajstić information content (AvgIpc) is 2.86. The van der Waals surface area contributed by atoms with Crippen molar-refractivity contribution in [1.82, 2.24) is 5.43 Å². The molecule has 0 radical (unpaired) electrons. The number of ether oxygens (including phenoxy) is 1. The van der Waals surface area contributed by atoms with Crippen LogP contribution >= 0.6 is 22.9 Å². The summed E-state index contributed by atoms with van der Waals surface area (Å²) < 4.78 is 6.61. The van der Waals surface area contributed by atoms with Crippen molar-refractivity contribution in [3.8, 4) is 5.75 Å². The highest BCUT2D eigenvalue weighted by Gasteiger charge is 2.28. The topological polar surface area (TPSA) is 47.3 Å². The van der Waals surface area contributed by atoms with E-state index in [0.717, 1.165) is 21.4 Å². The molecule has 5 heteroatoms. The van der Waals surface area contributed by atoms with Gasteiger partial charge in [0.25, 0.3) is 0 Å². The number of thiophene rings is 1. The summed E-state index contributed by atoms with van der Waals surface area (Å²) in [6.45, 7) is 0.668. The molecule has 0 saturated carbocycles. The summed E-state index contributed by atoms with van der Waals surface area (Å²) in [5.41, 5.74) is 4.14. The van der Waals surface area contributed by atoms with Gasteiger partial charge in [-0.2, -0.15) is 0 Å². The van der Waals surface area contributed by atoms with Crippen molar-refractivity contribution in [2.45, 2.75) is 12.5 Å². The number of rotatable bonds is 3. The largest absolute Gasteiger partial charge is 0.493 e. The molecule has 0 bridgehead atoms. The zero-order chi connectivity index (χ0) is 13.2. The quantitative estimate of drug-likeness (QED) is 0.675. The Kier molecular flexibility index (Phi) is 3.75. The maximum absolute atomic E-state index is 6.00. The zero-order valence-electron chi connectivity index (χ0n) is 10.3. The van der Waals surface area contributed by atoms with Gasteiger partial charge in [-0.1, -0.05) is 29.8 Å². The minimum absolute atomic E-state index is 0.0749. The van der Waals surface area contributed by atoms with E-state index >= 15 is 0 Å². The van der Waals surface area contributed by atoms with Crippen molar-refractivity contribution in [2.24, 2.45) is 11.8 Å². The lowest BCUT2D eigenvalue weighted by Gasteiger charge is -2.30. The van der Waals surface area contributed by atoms with Crippen molar-refractivity contribution in [3.05, 3.63) is 51.2 Å². The van der Waals surface area contributed by atoms with Crippen LogP contribution in [0.1, 0.15) is 16.5 Å². The fourth-order valence-corrected chi connectivity index (χ4v) is 3.73. The highest BCUT2D eigenvalue weighted by molar-refractivity contribution is 7.16. The van der Waals surface area contributed by atoms with Crippen LogP contribution in [0.4, 0.5) is 0 Å². The van der Waals surface area contributed by atoms with E-state index in [0.29, 0.717) is 12.5 Å². The van der Waals surface area contributed by atoms with Crippen LogP contribution in [0.25, 0.3) is 0 Å². The van der Waals surface area contributed by atoms with Crippen molar-refractivity contribution in [2.75, 3.05) is 6.61 Å². The molecule has 2 heterocycles. The lowest BCUT2D eigenvalue weighted by Crippen LogP contribution is -2.38. The van der Waals surface area contributed by atoms with E-state index in [9.17, 15) is 0 Å². The molecule has 0 aliphatic carbocycles. The maximum atomic E-state index is 6.00. The Bertz CT molecular complexity index is 572. The number of benzene rings is 1. The monoisotopic (exact) mass is 294 g/mol. The van der Waals surface area contributed by atoms with Crippen molar-refractivity contribution < 1.29 is 4.74 Å². The number of hydrogen-bond donors (Lipinski definition) is 2. The van der Waals surface area contributed by atoms with Crippen LogP contribution in [0.15, 0.2) is 36.4 Å². The third-order valence-electron chi connectivity index (χ3n) is 3.46. The van der Waals surface area contributed by atoms with Gasteiger partial charge in [-0.3, -0.25) is 11.3 Å². The first-order valence-electron chi connectivity index (χ1n) is 6.20. The molecule has 3 nitrogen and oxygen atoms in total. The second kappa shape index (κ2) is 5.51. The summed E-state index contributed by atoms with van der Waals surface area (Å²) in [6.07, 6.45) is 0.959. The first-order chi connectivity index (χ1) is 9.28. The Morgan fingerprint density at radius 1 is 1.32 bits per heavy atom. The van der Waals surface area contributed by atoms with Crippen molar-refractivity contribution in [3.63, 3.8) is 0 Å². The van der Waals surface area contributed by atoms with E-state index in [1.165, 1.54) is 5.56 Å². The third kappa shape index (κ3) is 2.62. The third-order valence-corrected chi connectivity index (χ3v) is 4.77. The summed E-state index contributed by atoms with van der Waals surface area (Å²) in [6, 6.07) is 12.2. The number of hydrogen-bond acceptors (Lipinski definition) is 4. The van der Waals surface area contributed by atoms with E-state index in [1.807, 2.05) is 30.3 Å². The molecule has 3 rings (SSSR count). The van der Waals surface area contributed by atoms with Gasteiger partial charge in [0.1, 0.15) is 5.75 Å². The molecule has 2 aromatic rings. The van der Waals surface area contributed by atoms with E-state index in [1.54, 1.807) is 11.3 Å². The predicted molar refractivity (Wildman–Crippen MR) is 78.5 cm³/mol. The van der Waals surface area contributed by atoms with Crippen molar-refractivity contribution >= 4 is 22.9 Å². The van der Waals surface area contributed by atoms with Gasteiger partial charge in [-0.05, 0) is 30.2 Å². The summed E-state index contributed by atoms with van der Waals surface area (Å²) in [5.74, 6) is 7.02. The number of fused-ring (bicyclic) bond motifs is 1. The molecule has 3 N–H and O–H groups in total. The van der Waals surface area contributed by atoms with Crippen LogP contribution in [0.2, 0.25) is 4.34 Å². The fraction of sp³-hybridized carbons (Fsp3) is 0.286. The highest BCUT2D eigenvalue weighted by Crippen LogP contribution is 2.36. The highest BCUT2D eigenvalue weighted by atomic mass is 35.5. The molecule has 1 aromatic heterocycles. The normalized spacial score (nSPS) is 19.6. The van der Waals surface area contributed by atoms with Crippen molar-refractivity contribution in [1.29, 1.82) is 0 Å². The second-order valence-electron chi connectivity index (χ2n) is 4.67. The van der Waals surface area contributed by atoms with Crippen LogP contribution in [0, 0.1) is 5.92 Å². The van der Waals surface area contributed by atoms with Gasteiger partial charge in [0.2, 0.25) is 0 Å². The van der Waals surface area contributed by atoms with Crippen LogP contribution in [-0.4, -0.2) is 6.61 Å². The number of nitrogens with one attached hydrogen (secondary N) is 1. The first kappa shape index (κ1) is 12.9. The molecule has 0 saturated heterocycles. The van der Waals surface area contributed by atoms with Gasteiger partial charge in [-0.25, -0.2) is 0 Å². The SMILES string of the molecule is NNC(c1ccc(Cl)s1)C1COc2ccccc2C1. The Morgan fingerprint density at radius 2 is 2.16 bits per heavy atom. The molecule has 2 atom stereocenters.